The van der Waals surface area contributed by atoms with E-state index >= 15 is 0 Å². The lowest BCUT2D eigenvalue weighted by atomic mass is 9.88. The Balaban J connectivity index is 1.75. The van der Waals surface area contributed by atoms with E-state index in [0.717, 1.165) is 18.5 Å². The van der Waals surface area contributed by atoms with Gasteiger partial charge in [0.25, 0.3) is 0 Å². The molecule has 1 aromatic rings. The van der Waals surface area contributed by atoms with Crippen molar-refractivity contribution in [3.63, 3.8) is 0 Å². The van der Waals surface area contributed by atoms with Gasteiger partial charge in [-0.1, -0.05) is 6.07 Å². The zero-order chi connectivity index (χ0) is 14.4. The molecule has 0 aromatic carbocycles. The Hall–Kier alpha value is -1.57. The van der Waals surface area contributed by atoms with Gasteiger partial charge in [-0.2, -0.15) is 18.4 Å². The minimum atomic E-state index is -4.20. The van der Waals surface area contributed by atoms with E-state index in [-0.39, 0.29) is 19.3 Å². The lowest BCUT2D eigenvalue weighted by Crippen LogP contribution is -2.26. The predicted molar refractivity (Wildman–Crippen MR) is 66.9 cm³/mol. The van der Waals surface area contributed by atoms with Crippen LogP contribution < -0.4 is 0 Å². The molecule has 106 valence electrons. The molecule has 0 amide bonds. The Kier molecular flexibility index (Phi) is 3.00. The molecule has 0 bridgehead atoms. The van der Waals surface area contributed by atoms with Gasteiger partial charge in [0, 0.05) is 17.8 Å². The molecule has 1 aromatic heterocycles. The van der Waals surface area contributed by atoms with Gasteiger partial charge in [0.05, 0.1) is 17.4 Å². The van der Waals surface area contributed by atoms with E-state index in [2.05, 4.69) is 4.98 Å². The zero-order valence-corrected chi connectivity index (χ0v) is 11.0. The summed E-state index contributed by atoms with van der Waals surface area (Å²) in [6.45, 7) is 0. The van der Waals surface area contributed by atoms with E-state index in [1.807, 2.05) is 12.1 Å². The van der Waals surface area contributed by atoms with E-state index in [1.165, 1.54) is 0 Å². The molecule has 1 atom stereocenters. The van der Waals surface area contributed by atoms with Crippen LogP contribution in [-0.4, -0.2) is 11.2 Å². The van der Waals surface area contributed by atoms with E-state index in [0.29, 0.717) is 11.5 Å². The van der Waals surface area contributed by atoms with Gasteiger partial charge in [0.2, 0.25) is 0 Å². The SMILES string of the molecule is N#CC(CC1(C(F)(F)F)CC1)c1ccc(C2CC2)nc1. The number of halogens is 3. The smallest absolute Gasteiger partial charge is 0.261 e. The normalized spacial score (nSPS) is 22.1. The number of nitriles is 1. The van der Waals surface area contributed by atoms with Crippen LogP contribution in [0.3, 0.4) is 0 Å². The molecular formula is C15H15F3N2. The molecule has 0 saturated heterocycles. The van der Waals surface area contributed by atoms with Gasteiger partial charge in [-0.15, -0.1) is 0 Å². The fourth-order valence-corrected chi connectivity index (χ4v) is 2.63. The van der Waals surface area contributed by atoms with Gasteiger partial charge in [-0.3, -0.25) is 4.98 Å². The molecule has 0 spiro atoms. The van der Waals surface area contributed by atoms with E-state index < -0.39 is 17.5 Å². The Morgan fingerprint density at radius 3 is 2.45 bits per heavy atom. The average molecular weight is 280 g/mol. The standard InChI is InChI=1S/C15H15F3N2/c16-15(17,18)14(5-6-14)7-12(8-19)11-3-4-13(20-9-11)10-1-2-10/h3-4,9-10,12H,1-2,5-7H2. The predicted octanol–water partition coefficient (Wildman–Crippen LogP) is 4.30. The van der Waals surface area contributed by atoms with Crippen LogP contribution >= 0.6 is 0 Å². The van der Waals surface area contributed by atoms with Crippen LogP contribution in [0.5, 0.6) is 0 Å². The third kappa shape index (κ3) is 2.39. The van der Waals surface area contributed by atoms with Crippen LogP contribution in [-0.2, 0) is 0 Å². The first-order valence-electron chi connectivity index (χ1n) is 6.87. The maximum absolute atomic E-state index is 13.0. The Morgan fingerprint density at radius 1 is 1.35 bits per heavy atom. The summed E-state index contributed by atoms with van der Waals surface area (Å²) in [5, 5.41) is 9.18. The first-order chi connectivity index (χ1) is 9.45. The molecule has 1 heterocycles. The number of hydrogen-bond donors (Lipinski definition) is 0. The highest BCUT2D eigenvalue weighted by atomic mass is 19.4. The molecule has 5 heteroatoms. The molecule has 20 heavy (non-hydrogen) atoms. The summed E-state index contributed by atoms with van der Waals surface area (Å²) in [7, 11) is 0. The van der Waals surface area contributed by atoms with Crippen molar-refractivity contribution in [2.75, 3.05) is 0 Å². The van der Waals surface area contributed by atoms with Crippen molar-refractivity contribution < 1.29 is 13.2 Å². The molecule has 1 unspecified atom stereocenters. The maximum Gasteiger partial charge on any atom is 0.394 e. The second-order valence-corrected chi connectivity index (χ2v) is 5.95. The minimum absolute atomic E-state index is 0.141. The van der Waals surface area contributed by atoms with Crippen LogP contribution in [0.4, 0.5) is 13.2 Å². The van der Waals surface area contributed by atoms with Crippen molar-refractivity contribution in [1.29, 1.82) is 5.26 Å². The second kappa shape index (κ2) is 4.47. The summed E-state index contributed by atoms with van der Waals surface area (Å²) in [6.07, 6.45) is -0.226. The Labute approximate surface area is 115 Å². The van der Waals surface area contributed by atoms with E-state index in [1.54, 1.807) is 12.3 Å². The summed E-state index contributed by atoms with van der Waals surface area (Å²) in [4.78, 5) is 4.29. The van der Waals surface area contributed by atoms with Crippen LogP contribution in [0, 0.1) is 16.7 Å². The topological polar surface area (TPSA) is 36.7 Å². The van der Waals surface area contributed by atoms with E-state index in [9.17, 15) is 18.4 Å². The summed E-state index contributed by atoms with van der Waals surface area (Å²) < 4.78 is 38.9. The molecule has 2 nitrogen and oxygen atoms in total. The van der Waals surface area contributed by atoms with Crippen LogP contribution in [0.25, 0.3) is 0 Å². The molecule has 0 aliphatic heterocycles. The fourth-order valence-electron chi connectivity index (χ4n) is 2.63. The van der Waals surface area contributed by atoms with Crippen molar-refractivity contribution in [3.8, 4) is 6.07 Å². The molecule has 0 radical (unpaired) electrons. The van der Waals surface area contributed by atoms with Gasteiger partial charge in [0.15, 0.2) is 0 Å². The Morgan fingerprint density at radius 2 is 2.05 bits per heavy atom. The number of pyridine rings is 1. The molecule has 0 N–H and O–H groups in total. The van der Waals surface area contributed by atoms with E-state index in [4.69, 9.17) is 0 Å². The third-order valence-electron chi connectivity index (χ3n) is 4.41. The molecule has 2 fully saturated rings. The van der Waals surface area contributed by atoms with Gasteiger partial charge in [-0.25, -0.2) is 0 Å². The van der Waals surface area contributed by atoms with Crippen LogP contribution in [0.2, 0.25) is 0 Å². The fraction of sp³-hybridized carbons (Fsp3) is 0.600. The molecule has 2 saturated carbocycles. The van der Waals surface area contributed by atoms with Crippen molar-refractivity contribution in [2.24, 2.45) is 5.41 Å². The lowest BCUT2D eigenvalue weighted by Gasteiger charge is -2.21. The van der Waals surface area contributed by atoms with Crippen molar-refractivity contribution in [3.05, 3.63) is 29.6 Å². The highest BCUT2D eigenvalue weighted by molar-refractivity contribution is 5.27. The monoisotopic (exact) mass is 280 g/mol. The Bertz CT molecular complexity index is 534. The summed E-state index contributed by atoms with van der Waals surface area (Å²) >= 11 is 0. The molecule has 2 aliphatic rings. The van der Waals surface area contributed by atoms with Gasteiger partial charge in [-0.05, 0) is 43.7 Å². The minimum Gasteiger partial charge on any atom is -0.261 e. The van der Waals surface area contributed by atoms with Gasteiger partial charge < -0.3 is 0 Å². The summed E-state index contributed by atoms with van der Waals surface area (Å²) in [5.74, 6) is -0.214. The first kappa shape index (κ1) is 13.4. The van der Waals surface area contributed by atoms with Crippen molar-refractivity contribution >= 4 is 0 Å². The first-order valence-corrected chi connectivity index (χ1v) is 6.87. The highest BCUT2D eigenvalue weighted by Gasteiger charge is 2.63. The largest absolute Gasteiger partial charge is 0.394 e. The third-order valence-corrected chi connectivity index (χ3v) is 4.41. The number of aromatic nitrogens is 1. The van der Waals surface area contributed by atoms with Crippen molar-refractivity contribution in [1.82, 2.24) is 4.98 Å². The van der Waals surface area contributed by atoms with Crippen LogP contribution in [0.15, 0.2) is 18.3 Å². The maximum atomic E-state index is 13.0. The number of nitrogens with zero attached hydrogens (tertiary/aromatic N) is 2. The quantitative estimate of drug-likeness (QED) is 0.824. The number of alkyl halides is 3. The average Bonchev–Trinajstić information content (AvgIpc) is 3.27. The van der Waals surface area contributed by atoms with Crippen molar-refractivity contribution in [2.45, 2.75) is 50.1 Å². The lowest BCUT2D eigenvalue weighted by molar-refractivity contribution is -0.189. The summed E-state index contributed by atoms with van der Waals surface area (Å²) in [6, 6.07) is 5.63. The number of hydrogen-bond acceptors (Lipinski definition) is 2. The van der Waals surface area contributed by atoms with Crippen LogP contribution in [0.1, 0.15) is 55.2 Å². The molecule has 2 aliphatic carbocycles. The zero-order valence-electron chi connectivity index (χ0n) is 11.0. The summed E-state index contributed by atoms with van der Waals surface area (Å²) in [5.41, 5.74) is -0.0439. The highest BCUT2D eigenvalue weighted by Crippen LogP contribution is 2.62. The molecule has 3 rings (SSSR count). The number of rotatable bonds is 4. The van der Waals surface area contributed by atoms with Gasteiger partial charge in [0.1, 0.15) is 0 Å². The molecular weight excluding hydrogens is 265 g/mol. The van der Waals surface area contributed by atoms with Gasteiger partial charge >= 0.3 is 6.18 Å². The second-order valence-electron chi connectivity index (χ2n) is 5.95.